The molecule has 0 amide bonds. The molecule has 0 saturated heterocycles. The van der Waals surface area contributed by atoms with E-state index < -0.39 is 0 Å². The number of aliphatic hydroxyl groups is 1. The number of rotatable bonds is 36. The van der Waals surface area contributed by atoms with Crippen molar-refractivity contribution in [2.45, 2.75) is 213 Å². The molecule has 0 saturated carbocycles. The third-order valence-corrected chi connectivity index (χ3v) is 9.58. The molecule has 0 bridgehead atoms. The molecular weight excluding hydrogens is 628 g/mol. The first-order valence-corrected chi connectivity index (χ1v) is 20.9. The second-order valence-electron chi connectivity index (χ2n) is 14.1. The second kappa shape index (κ2) is 37.7. The van der Waals surface area contributed by atoms with Crippen molar-refractivity contribution in [2.24, 2.45) is 0 Å². The van der Waals surface area contributed by atoms with Crippen LogP contribution in [0.2, 0.25) is 0 Å². The van der Waals surface area contributed by atoms with Gasteiger partial charge in [0.25, 0.3) is 5.82 Å². The van der Waals surface area contributed by atoms with Gasteiger partial charge in [0.15, 0.2) is 0 Å². The Morgan fingerprint density at radius 1 is 0.653 bits per heavy atom. The standard InChI is InChI=1S/C43H79N2O3.ClH/c1-3-5-7-9-11-13-15-17-19-21-22-24-26-28-30-32-34-42-44(38-40-46)36-37-45(42)39-41-48-43(47)35-33-31-29-27-25-23-20-18-16-14-12-10-8-6-4-2;/h17-20,36-37,46H,3-16,21-35,38-41H2,1-2H3;1H/q+1;/p-1/b19-17-,20-18-;. The van der Waals surface area contributed by atoms with Gasteiger partial charge in [-0.25, -0.2) is 9.13 Å². The molecule has 49 heavy (non-hydrogen) atoms. The Morgan fingerprint density at radius 3 is 1.55 bits per heavy atom. The average molecular weight is 708 g/mol. The summed E-state index contributed by atoms with van der Waals surface area (Å²) in [5.74, 6) is 1.16. The molecule has 0 radical (unpaired) electrons. The van der Waals surface area contributed by atoms with Gasteiger partial charge in [0, 0.05) is 12.8 Å². The number of allylic oxidation sites excluding steroid dienone is 4. The number of aliphatic hydroxyl groups excluding tert-OH is 1. The predicted molar refractivity (Wildman–Crippen MR) is 205 cm³/mol. The predicted octanol–water partition coefficient (Wildman–Crippen LogP) is 8.93. The molecular formula is C43H79ClN2O3. The minimum Gasteiger partial charge on any atom is -1.00 e. The Morgan fingerprint density at radius 2 is 1.08 bits per heavy atom. The van der Waals surface area contributed by atoms with Crippen molar-refractivity contribution in [2.75, 3.05) is 13.2 Å². The Labute approximate surface area is 310 Å². The number of halogens is 1. The molecule has 1 aromatic heterocycles. The molecule has 0 fully saturated rings. The van der Waals surface area contributed by atoms with Crippen molar-refractivity contribution >= 4 is 5.97 Å². The van der Waals surface area contributed by atoms with Crippen LogP contribution in [0.1, 0.15) is 199 Å². The number of unbranched alkanes of at least 4 members (excludes halogenated alkanes) is 23. The van der Waals surface area contributed by atoms with Crippen molar-refractivity contribution in [3.63, 3.8) is 0 Å². The zero-order chi connectivity index (χ0) is 34.6. The van der Waals surface area contributed by atoms with Gasteiger partial charge in [-0.1, -0.05) is 147 Å². The van der Waals surface area contributed by atoms with Crippen molar-refractivity contribution in [3.05, 3.63) is 42.5 Å². The van der Waals surface area contributed by atoms with Gasteiger partial charge in [-0.05, 0) is 64.2 Å². The number of aromatic nitrogens is 2. The summed E-state index contributed by atoms with van der Waals surface area (Å²) in [5, 5.41) is 9.54. The summed E-state index contributed by atoms with van der Waals surface area (Å²) in [5.41, 5.74) is 0. The number of nitrogens with zero attached hydrogens (tertiary/aromatic N) is 2. The summed E-state index contributed by atoms with van der Waals surface area (Å²) in [7, 11) is 0. The lowest BCUT2D eigenvalue weighted by molar-refractivity contribution is -0.704. The van der Waals surface area contributed by atoms with E-state index in [0.29, 0.717) is 26.1 Å². The highest BCUT2D eigenvalue weighted by atomic mass is 35.5. The van der Waals surface area contributed by atoms with E-state index in [0.717, 1.165) is 25.7 Å². The van der Waals surface area contributed by atoms with Gasteiger partial charge in [0.05, 0.1) is 6.61 Å². The summed E-state index contributed by atoms with van der Waals surface area (Å²) >= 11 is 0. The van der Waals surface area contributed by atoms with Gasteiger partial charge < -0.3 is 22.3 Å². The zero-order valence-electron chi connectivity index (χ0n) is 32.3. The SMILES string of the molecule is CCCCCCCC/C=C\CCCCCCCCc1n(CCO)cc[n+]1CCOC(=O)CCCCCCC/C=C\CCCCCCCC.[Cl-]. The Bertz CT molecular complexity index is 898. The van der Waals surface area contributed by atoms with Crippen LogP contribution in [-0.2, 0) is 29.0 Å². The van der Waals surface area contributed by atoms with Crippen LogP contribution < -0.4 is 17.0 Å². The molecule has 0 aliphatic rings. The number of carbonyl (C=O) groups excluding carboxylic acids is 1. The van der Waals surface area contributed by atoms with E-state index in [2.05, 4.69) is 59.7 Å². The molecule has 1 N–H and O–H groups in total. The van der Waals surface area contributed by atoms with Crippen LogP contribution >= 0.6 is 0 Å². The fourth-order valence-corrected chi connectivity index (χ4v) is 6.50. The first-order chi connectivity index (χ1) is 23.7. The van der Waals surface area contributed by atoms with Crippen LogP contribution in [0, 0.1) is 0 Å². The lowest BCUT2D eigenvalue weighted by Gasteiger charge is -2.07. The highest BCUT2D eigenvalue weighted by Gasteiger charge is 2.17. The summed E-state index contributed by atoms with van der Waals surface area (Å²) in [6, 6.07) is 0. The molecule has 0 spiro atoms. The molecule has 5 nitrogen and oxygen atoms in total. The van der Waals surface area contributed by atoms with E-state index in [1.807, 2.05) is 0 Å². The largest absolute Gasteiger partial charge is 1.00 e. The average Bonchev–Trinajstić information content (AvgIpc) is 3.47. The third kappa shape index (κ3) is 29.8. The Kier molecular flexibility index (Phi) is 36.4. The van der Waals surface area contributed by atoms with Crippen molar-refractivity contribution in [1.82, 2.24) is 4.57 Å². The smallest absolute Gasteiger partial charge is 0.305 e. The maximum Gasteiger partial charge on any atom is 0.305 e. The minimum absolute atomic E-state index is 0. The lowest BCUT2D eigenvalue weighted by atomic mass is 10.1. The maximum atomic E-state index is 12.3. The molecule has 286 valence electrons. The van der Waals surface area contributed by atoms with Crippen LogP contribution in [0.3, 0.4) is 0 Å². The quantitative estimate of drug-likeness (QED) is 0.0328. The van der Waals surface area contributed by atoms with Gasteiger partial charge in [-0.3, -0.25) is 4.79 Å². The van der Waals surface area contributed by atoms with Crippen LogP contribution in [0.4, 0.5) is 0 Å². The van der Waals surface area contributed by atoms with E-state index in [1.54, 1.807) is 0 Å². The van der Waals surface area contributed by atoms with Gasteiger partial charge in [0.1, 0.15) is 32.1 Å². The van der Waals surface area contributed by atoms with E-state index in [9.17, 15) is 9.90 Å². The van der Waals surface area contributed by atoms with Gasteiger partial charge in [-0.15, -0.1) is 0 Å². The topological polar surface area (TPSA) is 55.3 Å². The van der Waals surface area contributed by atoms with E-state index in [-0.39, 0.29) is 25.0 Å². The highest BCUT2D eigenvalue weighted by Crippen LogP contribution is 2.13. The molecule has 0 aliphatic heterocycles. The number of hydrogen-bond acceptors (Lipinski definition) is 3. The van der Waals surface area contributed by atoms with Crippen LogP contribution in [0.5, 0.6) is 0 Å². The summed E-state index contributed by atoms with van der Waals surface area (Å²) < 4.78 is 9.96. The minimum atomic E-state index is -0.0714. The number of ether oxygens (including phenoxy) is 1. The summed E-state index contributed by atoms with van der Waals surface area (Å²) in [6.45, 7) is 6.40. The normalized spacial score (nSPS) is 11.6. The van der Waals surface area contributed by atoms with Crippen molar-refractivity contribution in [1.29, 1.82) is 0 Å². The molecule has 0 aromatic carbocycles. The molecule has 1 aromatic rings. The molecule has 1 rings (SSSR count). The third-order valence-electron chi connectivity index (χ3n) is 9.58. The highest BCUT2D eigenvalue weighted by molar-refractivity contribution is 5.69. The fourth-order valence-electron chi connectivity index (χ4n) is 6.50. The second-order valence-corrected chi connectivity index (χ2v) is 14.1. The molecule has 1 heterocycles. The van der Waals surface area contributed by atoms with Gasteiger partial charge in [-0.2, -0.15) is 0 Å². The van der Waals surface area contributed by atoms with Crippen LogP contribution in [-0.4, -0.2) is 28.9 Å². The summed E-state index contributed by atoms with van der Waals surface area (Å²) in [4.78, 5) is 12.3. The van der Waals surface area contributed by atoms with Crippen LogP contribution in [0.25, 0.3) is 0 Å². The lowest BCUT2D eigenvalue weighted by Crippen LogP contribution is -3.00. The Balaban J connectivity index is 0.0000230. The van der Waals surface area contributed by atoms with Crippen molar-refractivity contribution < 1.29 is 31.6 Å². The van der Waals surface area contributed by atoms with E-state index in [4.69, 9.17) is 4.74 Å². The number of hydrogen-bond donors (Lipinski definition) is 1. The van der Waals surface area contributed by atoms with Gasteiger partial charge >= 0.3 is 5.97 Å². The fraction of sp³-hybridized carbons (Fsp3) is 0.814. The monoisotopic (exact) mass is 707 g/mol. The molecule has 0 aliphatic carbocycles. The maximum absolute atomic E-state index is 12.3. The van der Waals surface area contributed by atoms with Crippen LogP contribution in [0.15, 0.2) is 36.7 Å². The Hall–Kier alpha value is -1.59. The van der Waals surface area contributed by atoms with E-state index >= 15 is 0 Å². The molecule has 0 unspecified atom stereocenters. The van der Waals surface area contributed by atoms with Gasteiger partial charge in [0.2, 0.25) is 0 Å². The zero-order valence-corrected chi connectivity index (χ0v) is 33.1. The number of carbonyl (C=O) groups is 1. The molecule has 6 heteroatoms. The van der Waals surface area contributed by atoms with E-state index in [1.165, 1.54) is 160 Å². The first kappa shape index (κ1) is 47.4. The number of imidazole rings is 1. The van der Waals surface area contributed by atoms with Crippen molar-refractivity contribution in [3.8, 4) is 0 Å². The number of esters is 1. The first-order valence-electron chi connectivity index (χ1n) is 20.9. The summed E-state index contributed by atoms with van der Waals surface area (Å²) in [6.07, 6.45) is 50.0. The molecule has 0 atom stereocenters.